The van der Waals surface area contributed by atoms with Crippen LogP contribution >= 0.6 is 31.9 Å². The fourth-order valence-corrected chi connectivity index (χ4v) is 5.64. The minimum absolute atomic E-state index is 0.0330. The summed E-state index contributed by atoms with van der Waals surface area (Å²) in [5, 5.41) is 11.8. The molecule has 2 atom stereocenters. The van der Waals surface area contributed by atoms with Crippen LogP contribution < -0.4 is 10.1 Å². The summed E-state index contributed by atoms with van der Waals surface area (Å²) in [6, 6.07) is 25.6. The summed E-state index contributed by atoms with van der Waals surface area (Å²) >= 11 is 7.07. The molecule has 43 heavy (non-hydrogen) atoms. The maximum atomic E-state index is 14.5. The van der Waals surface area contributed by atoms with E-state index < -0.39 is 29.2 Å². The highest BCUT2D eigenvalue weighted by Crippen LogP contribution is 2.44. The van der Waals surface area contributed by atoms with Crippen molar-refractivity contribution < 1.29 is 28.2 Å². The highest BCUT2D eigenvalue weighted by molar-refractivity contribution is 9.10. The summed E-state index contributed by atoms with van der Waals surface area (Å²) in [5.74, 6) is -1.19. The predicted octanol–water partition coefficient (Wildman–Crippen LogP) is 7.07. The number of hydrogen-bond acceptors (Lipinski definition) is 5. The highest BCUT2D eigenvalue weighted by atomic mass is 79.9. The van der Waals surface area contributed by atoms with Gasteiger partial charge in [-0.15, -0.1) is 0 Å². The van der Waals surface area contributed by atoms with E-state index in [0.717, 1.165) is 26.6 Å². The Labute approximate surface area is 265 Å². The van der Waals surface area contributed by atoms with E-state index in [1.807, 2.05) is 48.5 Å². The fourth-order valence-electron chi connectivity index (χ4n) is 4.88. The van der Waals surface area contributed by atoms with Crippen molar-refractivity contribution >= 4 is 43.7 Å². The Morgan fingerprint density at radius 1 is 0.953 bits per heavy atom. The van der Waals surface area contributed by atoms with Crippen molar-refractivity contribution in [2.45, 2.75) is 31.0 Å². The first kappa shape index (κ1) is 30.8. The molecule has 0 radical (unpaired) electrons. The van der Waals surface area contributed by atoms with Crippen molar-refractivity contribution in [2.75, 3.05) is 13.2 Å². The first-order chi connectivity index (χ1) is 20.8. The second kappa shape index (κ2) is 13.8. The summed E-state index contributed by atoms with van der Waals surface area (Å²) in [7, 11) is 0. The van der Waals surface area contributed by atoms with Gasteiger partial charge in [0.25, 0.3) is 5.91 Å². The molecule has 1 aliphatic rings. The van der Waals surface area contributed by atoms with Crippen molar-refractivity contribution in [3.05, 3.63) is 134 Å². The summed E-state index contributed by atoms with van der Waals surface area (Å²) in [5.41, 5.74) is 0.345. The van der Waals surface area contributed by atoms with E-state index in [0.29, 0.717) is 29.9 Å². The van der Waals surface area contributed by atoms with Crippen LogP contribution in [-0.4, -0.2) is 35.7 Å². The highest BCUT2D eigenvalue weighted by Gasteiger charge is 2.53. The van der Waals surface area contributed by atoms with Crippen LogP contribution in [0.3, 0.4) is 0 Å². The van der Waals surface area contributed by atoms with E-state index in [1.54, 1.807) is 24.3 Å². The lowest BCUT2D eigenvalue weighted by Crippen LogP contribution is -2.50. The van der Waals surface area contributed by atoms with Crippen LogP contribution in [-0.2, 0) is 22.5 Å². The zero-order chi connectivity index (χ0) is 30.4. The van der Waals surface area contributed by atoms with Gasteiger partial charge in [0.2, 0.25) is 5.90 Å². The quantitative estimate of drug-likeness (QED) is 0.163. The van der Waals surface area contributed by atoms with Crippen molar-refractivity contribution in [1.82, 2.24) is 5.32 Å². The van der Waals surface area contributed by atoms with E-state index in [2.05, 4.69) is 37.2 Å². The number of ether oxygens (including phenoxy) is 2. The maximum Gasteiger partial charge on any atom is 0.252 e. The van der Waals surface area contributed by atoms with Crippen LogP contribution in [0.15, 0.2) is 105 Å². The van der Waals surface area contributed by atoms with Gasteiger partial charge in [-0.05, 0) is 60.2 Å². The van der Waals surface area contributed by atoms with Crippen LogP contribution in [0.2, 0.25) is 0 Å². The number of carbonyl (C=O) groups excluding carboxylic acids is 1. The number of halogens is 4. The third kappa shape index (κ3) is 6.98. The molecule has 0 aromatic heterocycles. The third-order valence-corrected chi connectivity index (χ3v) is 8.34. The minimum atomic E-state index is -1.54. The Bertz CT molecular complexity index is 1600. The van der Waals surface area contributed by atoms with Gasteiger partial charge in [0, 0.05) is 51.6 Å². The van der Waals surface area contributed by atoms with Crippen molar-refractivity contribution in [3.8, 4) is 5.75 Å². The van der Waals surface area contributed by atoms with Crippen LogP contribution in [0.5, 0.6) is 5.75 Å². The molecule has 0 saturated heterocycles. The number of benzene rings is 4. The SMILES string of the molecule is O=C(NCc1c(F)cccc1F)[C@]1(Cc2ccc(Br)cc2)N=C(c2ccc(OCCCO)cc2)O[C@@H]1c1ccccc1Br. The van der Waals surface area contributed by atoms with Gasteiger partial charge < -0.3 is 19.9 Å². The number of nitrogens with zero attached hydrogens (tertiary/aromatic N) is 1. The Morgan fingerprint density at radius 3 is 2.33 bits per heavy atom. The van der Waals surface area contributed by atoms with Crippen LogP contribution in [0, 0.1) is 11.6 Å². The third-order valence-electron chi connectivity index (χ3n) is 7.09. The number of aliphatic hydroxyl groups excluding tert-OH is 1. The molecule has 4 aromatic carbocycles. The zero-order valence-corrected chi connectivity index (χ0v) is 26.1. The number of amides is 1. The largest absolute Gasteiger partial charge is 0.494 e. The lowest BCUT2D eigenvalue weighted by Gasteiger charge is -2.31. The first-order valence-electron chi connectivity index (χ1n) is 13.6. The molecule has 5 rings (SSSR count). The second-order valence-corrected chi connectivity index (χ2v) is 11.8. The normalized spacial score (nSPS) is 17.7. The molecule has 0 unspecified atom stereocenters. The monoisotopic (exact) mass is 712 g/mol. The summed E-state index contributed by atoms with van der Waals surface area (Å²) in [6.45, 7) is 0.0363. The summed E-state index contributed by atoms with van der Waals surface area (Å²) < 4.78 is 42.7. The van der Waals surface area contributed by atoms with Gasteiger partial charge in [-0.1, -0.05) is 68.3 Å². The molecule has 0 bridgehead atoms. The molecule has 1 aliphatic heterocycles. The Kier molecular flexibility index (Phi) is 9.90. The molecule has 1 amide bonds. The lowest BCUT2D eigenvalue weighted by atomic mass is 9.82. The minimum Gasteiger partial charge on any atom is -0.494 e. The van der Waals surface area contributed by atoms with E-state index in [9.17, 15) is 13.6 Å². The second-order valence-electron chi connectivity index (χ2n) is 10.00. The van der Waals surface area contributed by atoms with Crippen LogP contribution in [0.1, 0.15) is 34.8 Å². The average Bonchev–Trinajstić information content (AvgIpc) is 3.39. The average molecular weight is 714 g/mol. The van der Waals surface area contributed by atoms with Crippen LogP contribution in [0.25, 0.3) is 0 Å². The van der Waals surface area contributed by atoms with Crippen LogP contribution in [0.4, 0.5) is 8.78 Å². The number of nitrogens with one attached hydrogen (secondary N) is 1. The Hall–Kier alpha value is -3.60. The zero-order valence-electron chi connectivity index (χ0n) is 22.9. The standard InChI is InChI=1S/C33H28Br2F2N2O4/c34-23-13-9-21(10-14-23)19-33(32(41)38-20-26-28(36)7-3-8-29(26)37)30(25-5-1-2-6-27(25)35)43-31(39-33)22-11-15-24(16-12-22)42-18-4-17-40/h1-3,5-16,30,40H,4,17-20H2,(H,38,41)/t30-,33-/m1/s1. The van der Waals surface area contributed by atoms with Gasteiger partial charge in [0.15, 0.2) is 11.6 Å². The number of aliphatic hydroxyl groups is 1. The lowest BCUT2D eigenvalue weighted by molar-refractivity contribution is -0.129. The molecule has 6 nitrogen and oxygen atoms in total. The number of hydrogen-bond donors (Lipinski definition) is 2. The van der Waals surface area contributed by atoms with E-state index in [1.165, 1.54) is 6.07 Å². The van der Waals surface area contributed by atoms with Gasteiger partial charge in [-0.2, -0.15) is 0 Å². The predicted molar refractivity (Wildman–Crippen MR) is 167 cm³/mol. The van der Waals surface area contributed by atoms with Gasteiger partial charge in [0.1, 0.15) is 17.4 Å². The molecule has 222 valence electrons. The first-order valence-corrected chi connectivity index (χ1v) is 15.2. The molecular formula is C33H28Br2F2N2O4. The summed E-state index contributed by atoms with van der Waals surface area (Å²) in [6.07, 6.45) is -0.230. The van der Waals surface area contributed by atoms with Crippen molar-refractivity contribution in [1.29, 1.82) is 0 Å². The maximum absolute atomic E-state index is 14.5. The molecular weight excluding hydrogens is 686 g/mol. The van der Waals surface area contributed by atoms with Gasteiger partial charge in [0.05, 0.1) is 6.61 Å². The Morgan fingerprint density at radius 2 is 1.65 bits per heavy atom. The van der Waals surface area contributed by atoms with E-state index >= 15 is 0 Å². The molecule has 0 fully saturated rings. The van der Waals surface area contributed by atoms with Gasteiger partial charge in [-0.3, -0.25) is 4.79 Å². The fraction of sp³-hybridized carbons (Fsp3) is 0.212. The van der Waals surface area contributed by atoms with E-state index in [4.69, 9.17) is 19.6 Å². The molecule has 2 N–H and O–H groups in total. The number of rotatable bonds is 11. The van der Waals surface area contributed by atoms with Crippen molar-refractivity contribution in [2.24, 2.45) is 4.99 Å². The molecule has 0 aliphatic carbocycles. The molecule has 0 saturated carbocycles. The smallest absolute Gasteiger partial charge is 0.252 e. The molecule has 10 heteroatoms. The summed E-state index contributed by atoms with van der Waals surface area (Å²) in [4.78, 5) is 19.3. The van der Waals surface area contributed by atoms with Gasteiger partial charge in [-0.25, -0.2) is 13.8 Å². The van der Waals surface area contributed by atoms with Crippen molar-refractivity contribution in [3.63, 3.8) is 0 Å². The topological polar surface area (TPSA) is 80.2 Å². The molecule has 0 spiro atoms. The van der Waals surface area contributed by atoms with Gasteiger partial charge >= 0.3 is 0 Å². The number of carbonyl (C=O) groups is 1. The molecule has 1 heterocycles. The Balaban J connectivity index is 1.57. The number of aliphatic imine (C=N–C) groups is 1. The molecule has 4 aromatic rings. The van der Waals surface area contributed by atoms with E-state index in [-0.39, 0.29) is 31.0 Å².